The summed E-state index contributed by atoms with van der Waals surface area (Å²) in [6.45, 7) is 4.53. The predicted octanol–water partition coefficient (Wildman–Crippen LogP) is 1.69. The van der Waals surface area contributed by atoms with Crippen molar-refractivity contribution in [3.63, 3.8) is 0 Å². The second-order valence-corrected chi connectivity index (χ2v) is 6.15. The summed E-state index contributed by atoms with van der Waals surface area (Å²) in [4.78, 5) is 14.8. The molecule has 1 unspecified atom stereocenters. The molecule has 1 aromatic carbocycles. The Balaban J connectivity index is 1.53. The molecule has 0 bridgehead atoms. The number of hydrogen-bond acceptors (Lipinski definition) is 3. The first-order valence-corrected chi connectivity index (χ1v) is 8.27. The fourth-order valence-electron chi connectivity index (χ4n) is 3.28. The maximum atomic E-state index is 12.5. The van der Waals surface area contributed by atoms with E-state index in [-0.39, 0.29) is 11.9 Å². The number of amides is 1. The summed E-state index contributed by atoms with van der Waals surface area (Å²) < 4.78 is 0. The molecule has 4 nitrogen and oxygen atoms in total. The van der Waals surface area contributed by atoms with Gasteiger partial charge in [0.2, 0.25) is 5.91 Å². The van der Waals surface area contributed by atoms with Gasteiger partial charge in [-0.1, -0.05) is 42.0 Å². The predicted molar refractivity (Wildman–Crippen MR) is 88.5 cm³/mol. The average Bonchev–Trinajstić information content (AvgIpc) is 3.03. The maximum absolute atomic E-state index is 12.5. The Morgan fingerprint density at radius 1 is 1.32 bits per heavy atom. The highest BCUT2D eigenvalue weighted by Gasteiger charge is 2.30. The number of nitrogens with zero attached hydrogens (tertiary/aromatic N) is 1. The van der Waals surface area contributed by atoms with Crippen LogP contribution in [0.15, 0.2) is 42.0 Å². The van der Waals surface area contributed by atoms with Crippen LogP contribution in [0.5, 0.6) is 0 Å². The van der Waals surface area contributed by atoms with Crippen molar-refractivity contribution in [2.75, 3.05) is 26.2 Å². The summed E-state index contributed by atoms with van der Waals surface area (Å²) in [5.74, 6) is 0.188. The van der Waals surface area contributed by atoms with E-state index >= 15 is 0 Å². The van der Waals surface area contributed by atoms with Gasteiger partial charge in [0.25, 0.3) is 0 Å². The van der Waals surface area contributed by atoms with E-state index in [4.69, 9.17) is 0 Å². The Morgan fingerprint density at radius 2 is 2.18 bits per heavy atom. The van der Waals surface area contributed by atoms with E-state index in [1.54, 1.807) is 0 Å². The first-order chi connectivity index (χ1) is 10.8. The van der Waals surface area contributed by atoms with Gasteiger partial charge in [-0.05, 0) is 37.9 Å². The van der Waals surface area contributed by atoms with Crippen LogP contribution in [0.2, 0.25) is 0 Å². The lowest BCUT2D eigenvalue weighted by Gasteiger charge is -2.24. The highest BCUT2D eigenvalue weighted by molar-refractivity contribution is 5.82. The van der Waals surface area contributed by atoms with Crippen LogP contribution in [0.1, 0.15) is 24.8 Å². The van der Waals surface area contributed by atoms with E-state index in [0.29, 0.717) is 6.54 Å². The molecule has 0 aromatic heterocycles. The van der Waals surface area contributed by atoms with Crippen LogP contribution in [0.4, 0.5) is 0 Å². The second-order valence-electron chi connectivity index (χ2n) is 6.15. The van der Waals surface area contributed by atoms with Crippen molar-refractivity contribution in [1.82, 2.24) is 15.5 Å². The van der Waals surface area contributed by atoms with Crippen molar-refractivity contribution in [3.8, 4) is 0 Å². The van der Waals surface area contributed by atoms with Gasteiger partial charge >= 0.3 is 0 Å². The van der Waals surface area contributed by atoms with Gasteiger partial charge in [0.05, 0.1) is 6.04 Å². The molecule has 0 aliphatic carbocycles. The zero-order valence-electron chi connectivity index (χ0n) is 13.1. The Kier molecular flexibility index (Phi) is 5.24. The molecule has 1 fully saturated rings. The molecule has 22 heavy (non-hydrogen) atoms. The summed E-state index contributed by atoms with van der Waals surface area (Å²) in [6, 6.07) is 10.4. The quantitative estimate of drug-likeness (QED) is 0.813. The van der Waals surface area contributed by atoms with Crippen LogP contribution < -0.4 is 10.6 Å². The van der Waals surface area contributed by atoms with Crippen LogP contribution >= 0.6 is 0 Å². The van der Waals surface area contributed by atoms with Gasteiger partial charge in [-0.15, -0.1) is 0 Å². The minimum Gasteiger partial charge on any atom is -0.351 e. The molecule has 0 radical (unpaired) electrons. The maximum Gasteiger partial charge on any atom is 0.237 e. The van der Waals surface area contributed by atoms with E-state index in [2.05, 4.69) is 45.9 Å². The number of nitrogens with one attached hydrogen (secondary N) is 2. The normalized spacial score (nSPS) is 22.4. The van der Waals surface area contributed by atoms with Gasteiger partial charge in [0, 0.05) is 19.6 Å². The number of rotatable bonds is 5. The SMILES string of the molecule is O=C(NCC1=CCNCC1)C1CCCN1Cc1ccccc1. The van der Waals surface area contributed by atoms with Gasteiger partial charge in [-0.3, -0.25) is 9.69 Å². The smallest absolute Gasteiger partial charge is 0.237 e. The zero-order chi connectivity index (χ0) is 15.2. The Morgan fingerprint density at radius 3 is 2.95 bits per heavy atom. The van der Waals surface area contributed by atoms with Crippen LogP contribution in [-0.2, 0) is 11.3 Å². The Labute approximate surface area is 132 Å². The molecular formula is C18H25N3O. The van der Waals surface area contributed by atoms with Crippen molar-refractivity contribution in [1.29, 1.82) is 0 Å². The van der Waals surface area contributed by atoms with E-state index in [0.717, 1.165) is 45.4 Å². The molecule has 1 atom stereocenters. The topological polar surface area (TPSA) is 44.4 Å². The fourth-order valence-corrected chi connectivity index (χ4v) is 3.28. The number of carbonyl (C=O) groups excluding carboxylic acids is 1. The lowest BCUT2D eigenvalue weighted by molar-refractivity contribution is -0.125. The zero-order valence-corrected chi connectivity index (χ0v) is 13.1. The van der Waals surface area contributed by atoms with Gasteiger partial charge in [-0.2, -0.15) is 0 Å². The molecule has 0 saturated carbocycles. The molecule has 1 amide bonds. The second kappa shape index (κ2) is 7.56. The molecular weight excluding hydrogens is 274 g/mol. The number of likely N-dealkylation sites (tertiary alicyclic amines) is 1. The molecule has 0 spiro atoms. The highest BCUT2D eigenvalue weighted by atomic mass is 16.2. The lowest BCUT2D eigenvalue weighted by atomic mass is 10.1. The largest absolute Gasteiger partial charge is 0.351 e. The van der Waals surface area contributed by atoms with Crippen LogP contribution in [0, 0.1) is 0 Å². The van der Waals surface area contributed by atoms with E-state index < -0.39 is 0 Å². The summed E-state index contributed by atoms with van der Waals surface area (Å²) in [6.07, 6.45) is 5.32. The molecule has 4 heteroatoms. The van der Waals surface area contributed by atoms with Gasteiger partial charge < -0.3 is 10.6 Å². The lowest BCUT2D eigenvalue weighted by Crippen LogP contribution is -2.43. The minimum absolute atomic E-state index is 0.0301. The van der Waals surface area contributed by atoms with E-state index in [9.17, 15) is 4.79 Å². The van der Waals surface area contributed by atoms with Gasteiger partial charge in [-0.25, -0.2) is 0 Å². The van der Waals surface area contributed by atoms with Gasteiger partial charge in [0.15, 0.2) is 0 Å². The first-order valence-electron chi connectivity index (χ1n) is 8.27. The molecule has 118 valence electrons. The van der Waals surface area contributed by atoms with Gasteiger partial charge in [0.1, 0.15) is 0 Å². The number of benzene rings is 1. The van der Waals surface area contributed by atoms with E-state index in [1.807, 2.05) is 6.07 Å². The summed E-state index contributed by atoms with van der Waals surface area (Å²) in [5, 5.41) is 6.43. The number of carbonyl (C=O) groups is 1. The third kappa shape index (κ3) is 3.96. The third-order valence-electron chi connectivity index (χ3n) is 4.54. The highest BCUT2D eigenvalue weighted by Crippen LogP contribution is 2.20. The average molecular weight is 299 g/mol. The molecule has 1 saturated heterocycles. The summed E-state index contributed by atoms with van der Waals surface area (Å²) in [5.41, 5.74) is 2.63. The van der Waals surface area contributed by atoms with Crippen molar-refractivity contribution in [2.45, 2.75) is 31.8 Å². The van der Waals surface area contributed by atoms with Crippen molar-refractivity contribution in [2.24, 2.45) is 0 Å². The monoisotopic (exact) mass is 299 g/mol. The molecule has 2 heterocycles. The Hall–Kier alpha value is -1.65. The molecule has 2 N–H and O–H groups in total. The third-order valence-corrected chi connectivity index (χ3v) is 4.54. The van der Waals surface area contributed by atoms with Crippen molar-refractivity contribution >= 4 is 5.91 Å². The number of hydrogen-bond donors (Lipinski definition) is 2. The first kappa shape index (κ1) is 15.3. The molecule has 3 rings (SSSR count). The Bertz CT molecular complexity index is 526. The minimum atomic E-state index is 0.0301. The van der Waals surface area contributed by atoms with Crippen LogP contribution in [0.25, 0.3) is 0 Å². The summed E-state index contributed by atoms with van der Waals surface area (Å²) in [7, 11) is 0. The van der Waals surface area contributed by atoms with Crippen molar-refractivity contribution < 1.29 is 4.79 Å². The molecule has 2 aliphatic heterocycles. The van der Waals surface area contributed by atoms with E-state index in [1.165, 1.54) is 11.1 Å². The molecule has 1 aromatic rings. The van der Waals surface area contributed by atoms with Crippen molar-refractivity contribution in [3.05, 3.63) is 47.5 Å². The summed E-state index contributed by atoms with van der Waals surface area (Å²) >= 11 is 0. The van der Waals surface area contributed by atoms with Crippen LogP contribution in [0.3, 0.4) is 0 Å². The molecule has 2 aliphatic rings. The fraction of sp³-hybridized carbons (Fsp3) is 0.500. The van der Waals surface area contributed by atoms with Crippen LogP contribution in [-0.4, -0.2) is 43.0 Å². The standard InChI is InChI=1S/C18H25N3O/c22-18(20-13-15-8-10-19-11-9-15)17-7-4-12-21(17)14-16-5-2-1-3-6-16/h1-3,5-6,8,17,19H,4,7,9-14H2,(H,20,22).